The Bertz CT molecular complexity index is 1780. The van der Waals surface area contributed by atoms with Crippen LogP contribution in [0.5, 0.6) is 0 Å². The molecule has 2 atom stereocenters. The Morgan fingerprint density at radius 2 is 1.15 bits per heavy atom. The van der Waals surface area contributed by atoms with Crippen LogP contribution in [0.3, 0.4) is 0 Å². The maximum Gasteiger partial charge on any atom is 0.275 e. The van der Waals surface area contributed by atoms with Crippen LogP contribution in [0.15, 0.2) is 58.9 Å². The van der Waals surface area contributed by atoms with Gasteiger partial charge in [0.15, 0.2) is 0 Å². The predicted octanol–water partition coefficient (Wildman–Crippen LogP) is 2.90. The predicted molar refractivity (Wildman–Crippen MR) is 190 cm³/mol. The number of aromatic nitrogens is 6. The summed E-state index contributed by atoms with van der Waals surface area (Å²) >= 11 is 5.69. The lowest BCUT2D eigenvalue weighted by Crippen LogP contribution is -2.45. The van der Waals surface area contributed by atoms with Crippen molar-refractivity contribution in [1.82, 2.24) is 38.0 Å². The SMILES string of the molecule is CCCCN1CCn2c(ccc(-n3cnc(C)c3)c2=O)C1=O.CO.Cc1cn(-c2ccc3n(c2=O)CCN(CCCl)C3=O)cn1.PP. The van der Waals surface area contributed by atoms with Crippen molar-refractivity contribution < 1.29 is 14.7 Å². The molecule has 0 bridgehead atoms. The number of rotatable bonds is 7. The number of carbonyl (C=O) groups is 2. The van der Waals surface area contributed by atoms with Gasteiger partial charge in [0.2, 0.25) is 0 Å². The molecule has 0 aromatic carbocycles. The van der Waals surface area contributed by atoms with Crippen LogP contribution >= 0.6 is 29.5 Å². The van der Waals surface area contributed by atoms with Crippen molar-refractivity contribution in [2.24, 2.45) is 0 Å². The second-order valence-corrected chi connectivity index (χ2v) is 11.0. The molecule has 0 saturated carbocycles. The molecule has 2 aliphatic rings. The van der Waals surface area contributed by atoms with Crippen LogP contribution in [-0.2, 0) is 13.1 Å². The third-order valence-electron chi connectivity index (χ3n) is 7.62. The van der Waals surface area contributed by atoms with E-state index in [9.17, 15) is 19.2 Å². The summed E-state index contributed by atoms with van der Waals surface area (Å²) in [7, 11) is 5.67. The van der Waals surface area contributed by atoms with E-state index >= 15 is 0 Å². The van der Waals surface area contributed by atoms with Gasteiger partial charge in [-0.25, -0.2) is 9.97 Å². The van der Waals surface area contributed by atoms with Crippen molar-refractivity contribution in [3.63, 3.8) is 0 Å². The van der Waals surface area contributed by atoms with Crippen molar-refractivity contribution in [1.29, 1.82) is 0 Å². The number of aliphatic hydroxyl groups is 1. The second kappa shape index (κ2) is 18.1. The number of fused-ring (bicyclic) bond motifs is 2. The molecule has 13 nitrogen and oxygen atoms in total. The molecule has 0 radical (unpaired) electrons. The zero-order chi connectivity index (χ0) is 34.7. The van der Waals surface area contributed by atoms with Gasteiger partial charge in [-0.1, -0.05) is 13.3 Å². The summed E-state index contributed by atoms with van der Waals surface area (Å²) in [5.41, 5.74) is 3.29. The molecule has 1 N–H and O–H groups in total. The van der Waals surface area contributed by atoms with E-state index in [2.05, 4.69) is 34.7 Å². The maximum atomic E-state index is 12.6. The lowest BCUT2D eigenvalue weighted by Gasteiger charge is -2.29. The first-order valence-corrected chi connectivity index (χ1v) is 18.4. The molecule has 47 heavy (non-hydrogen) atoms. The molecule has 254 valence electrons. The Hall–Kier alpha value is -3.63. The molecular formula is C31H43ClN8O5P2. The number of carbonyl (C=O) groups excluding carboxylic acids is 2. The fourth-order valence-corrected chi connectivity index (χ4v) is 5.50. The monoisotopic (exact) mass is 704 g/mol. The highest BCUT2D eigenvalue weighted by Gasteiger charge is 2.27. The van der Waals surface area contributed by atoms with Gasteiger partial charge in [0.1, 0.15) is 22.8 Å². The van der Waals surface area contributed by atoms with Crippen molar-refractivity contribution in [2.45, 2.75) is 46.7 Å². The van der Waals surface area contributed by atoms with Crippen LogP contribution in [0.4, 0.5) is 0 Å². The van der Waals surface area contributed by atoms with Crippen LogP contribution in [0, 0.1) is 13.8 Å². The number of imidazole rings is 2. The highest BCUT2D eigenvalue weighted by molar-refractivity contribution is 7.92. The molecule has 0 spiro atoms. The first-order chi connectivity index (χ1) is 22.7. The number of nitrogens with zero attached hydrogens (tertiary/aromatic N) is 8. The van der Waals surface area contributed by atoms with Gasteiger partial charge in [-0.15, -0.1) is 29.5 Å². The minimum atomic E-state index is -0.177. The number of unbranched alkanes of at least 4 members (excludes halogenated alkanes) is 1. The second-order valence-electron chi connectivity index (χ2n) is 10.6. The molecule has 2 amide bonds. The Morgan fingerprint density at radius 1 is 0.723 bits per heavy atom. The van der Waals surface area contributed by atoms with Gasteiger partial charge in [-0.2, -0.15) is 0 Å². The third kappa shape index (κ3) is 8.65. The van der Waals surface area contributed by atoms with Crippen LogP contribution < -0.4 is 11.1 Å². The molecule has 4 aromatic heterocycles. The van der Waals surface area contributed by atoms with E-state index in [0.717, 1.165) is 37.9 Å². The summed E-state index contributed by atoms with van der Waals surface area (Å²) in [4.78, 5) is 61.7. The molecule has 2 unspecified atom stereocenters. The number of amides is 2. The first-order valence-electron chi connectivity index (χ1n) is 15.2. The lowest BCUT2D eigenvalue weighted by atomic mass is 10.2. The third-order valence-corrected chi connectivity index (χ3v) is 7.79. The van der Waals surface area contributed by atoms with Crippen LogP contribution in [0.25, 0.3) is 11.4 Å². The average Bonchev–Trinajstić information content (AvgIpc) is 3.72. The van der Waals surface area contributed by atoms with E-state index in [1.54, 1.807) is 61.7 Å². The van der Waals surface area contributed by atoms with Gasteiger partial charge in [0.25, 0.3) is 22.9 Å². The standard InChI is InChI=1S/C16H20N4O2.C14H15ClN4O2.CH4O.H4P2/c1-3-4-7-18-8-9-20-14(15(18)21)6-5-13(16(20)22)19-10-12(2)17-11-19;1-10-8-18(9-16-10)11-2-3-12-13(20)17(5-4-15)6-7-19(12)14(11)21;2*1-2/h5-6,10-11H,3-4,7-9H2,1-2H3;2-3,8-9H,4-7H2,1H3;2H,1H3;1-2H2. The fraction of sp³-hybridized carbons (Fsp3) is 0.419. The van der Waals surface area contributed by atoms with E-state index in [4.69, 9.17) is 16.7 Å². The van der Waals surface area contributed by atoms with E-state index in [1.807, 2.05) is 24.9 Å². The number of halogens is 1. The Kier molecular flexibility index (Phi) is 14.5. The lowest BCUT2D eigenvalue weighted by molar-refractivity contribution is 0.0695. The van der Waals surface area contributed by atoms with E-state index in [1.165, 1.54) is 4.57 Å². The fourth-order valence-electron chi connectivity index (χ4n) is 5.30. The summed E-state index contributed by atoms with van der Waals surface area (Å²) in [6, 6.07) is 6.80. The molecular weight excluding hydrogens is 662 g/mol. The zero-order valence-electron chi connectivity index (χ0n) is 27.2. The molecule has 0 aliphatic carbocycles. The number of aliphatic hydroxyl groups excluding tert-OH is 1. The quantitative estimate of drug-likeness (QED) is 0.231. The number of pyridine rings is 2. The first kappa shape index (κ1) is 37.8. The summed E-state index contributed by atoms with van der Waals surface area (Å²) in [6.07, 6.45) is 8.86. The number of alkyl halides is 1. The molecule has 16 heteroatoms. The van der Waals surface area contributed by atoms with Crippen molar-refractivity contribution in [2.75, 3.05) is 39.2 Å². The molecule has 4 aromatic rings. The van der Waals surface area contributed by atoms with Gasteiger partial charge < -0.3 is 33.2 Å². The number of hydrogen-bond acceptors (Lipinski definition) is 7. The largest absolute Gasteiger partial charge is 0.400 e. The topological polar surface area (TPSA) is 140 Å². The van der Waals surface area contributed by atoms with Gasteiger partial charge in [0, 0.05) is 64.7 Å². The van der Waals surface area contributed by atoms with Crippen molar-refractivity contribution in [3.05, 3.63) is 92.8 Å². The van der Waals surface area contributed by atoms with Crippen LogP contribution in [-0.4, -0.2) is 94.1 Å². The van der Waals surface area contributed by atoms with Crippen LogP contribution in [0.2, 0.25) is 0 Å². The maximum absolute atomic E-state index is 12.6. The van der Waals surface area contributed by atoms with Crippen molar-refractivity contribution in [3.8, 4) is 11.4 Å². The van der Waals surface area contributed by atoms with Gasteiger partial charge in [-0.3, -0.25) is 19.2 Å². The summed E-state index contributed by atoms with van der Waals surface area (Å²) in [5.74, 6) is 0.195. The van der Waals surface area contributed by atoms with Gasteiger partial charge >= 0.3 is 0 Å². The van der Waals surface area contributed by atoms with E-state index < -0.39 is 0 Å². The van der Waals surface area contributed by atoms with Crippen LogP contribution in [0.1, 0.15) is 52.1 Å². The molecule has 0 fully saturated rings. The Morgan fingerprint density at radius 3 is 1.51 bits per heavy atom. The molecule has 2 aliphatic heterocycles. The summed E-state index contributed by atoms with van der Waals surface area (Å²) in [6.45, 7) is 9.23. The molecule has 6 rings (SSSR count). The average molecular weight is 705 g/mol. The molecule has 0 saturated heterocycles. The van der Waals surface area contributed by atoms with Gasteiger partial charge in [0.05, 0.1) is 24.0 Å². The normalized spacial score (nSPS) is 13.4. The minimum Gasteiger partial charge on any atom is -0.400 e. The van der Waals surface area contributed by atoms with Crippen molar-refractivity contribution >= 4 is 41.3 Å². The molecule has 6 heterocycles. The zero-order valence-corrected chi connectivity index (χ0v) is 30.2. The van der Waals surface area contributed by atoms with E-state index in [0.29, 0.717) is 61.4 Å². The Labute approximate surface area is 283 Å². The smallest absolute Gasteiger partial charge is 0.275 e. The summed E-state index contributed by atoms with van der Waals surface area (Å²) < 4.78 is 6.49. The Balaban J connectivity index is 0.000000231. The van der Waals surface area contributed by atoms with E-state index in [-0.39, 0.29) is 22.9 Å². The highest BCUT2D eigenvalue weighted by atomic mass is 35.5. The number of aryl methyl sites for hydroxylation is 2. The highest BCUT2D eigenvalue weighted by Crippen LogP contribution is 2.15. The number of hydrogen-bond donors (Lipinski definition) is 1. The minimum absolute atomic E-state index is 0.0508. The van der Waals surface area contributed by atoms with Gasteiger partial charge in [-0.05, 0) is 44.5 Å². The summed E-state index contributed by atoms with van der Waals surface area (Å²) in [5, 5.41) is 7.00.